The molecule has 1 aromatic rings. The smallest absolute Gasteiger partial charge is 0.227 e. The largest absolute Gasteiger partial charge is 0.325 e. The van der Waals surface area contributed by atoms with Gasteiger partial charge in [-0.25, -0.2) is 0 Å². The van der Waals surface area contributed by atoms with E-state index in [2.05, 4.69) is 38.2 Å². The molecule has 2 rings (SSSR count). The molecule has 1 saturated carbocycles. The zero-order valence-electron chi connectivity index (χ0n) is 11.7. The molecule has 1 aliphatic carbocycles. The van der Waals surface area contributed by atoms with E-state index in [0.29, 0.717) is 0 Å². The van der Waals surface area contributed by atoms with Crippen molar-refractivity contribution in [2.24, 2.45) is 5.92 Å². The van der Waals surface area contributed by atoms with Crippen molar-refractivity contribution in [2.75, 3.05) is 5.32 Å². The lowest BCUT2D eigenvalue weighted by atomic mass is 9.88. The molecule has 0 unspecified atom stereocenters. The van der Waals surface area contributed by atoms with E-state index in [1.54, 1.807) is 0 Å². The fraction of sp³-hybridized carbons (Fsp3) is 0.562. The number of carbonyl (C=O) groups excluding carboxylic acids is 1. The van der Waals surface area contributed by atoms with Crippen molar-refractivity contribution >= 4 is 11.6 Å². The summed E-state index contributed by atoms with van der Waals surface area (Å²) in [5, 5.41) is 3.14. The second-order valence-electron chi connectivity index (χ2n) is 5.60. The normalized spacial score (nSPS) is 16.6. The van der Waals surface area contributed by atoms with Crippen LogP contribution >= 0.6 is 0 Å². The van der Waals surface area contributed by atoms with Crippen LogP contribution in [0.15, 0.2) is 12.1 Å². The van der Waals surface area contributed by atoms with Gasteiger partial charge < -0.3 is 5.32 Å². The van der Waals surface area contributed by atoms with E-state index in [1.807, 2.05) is 0 Å². The predicted octanol–water partition coefficient (Wildman–Crippen LogP) is 4.13. The summed E-state index contributed by atoms with van der Waals surface area (Å²) in [5.74, 6) is 0.434. The predicted molar refractivity (Wildman–Crippen MR) is 75.9 cm³/mol. The number of hydrogen-bond acceptors (Lipinski definition) is 1. The van der Waals surface area contributed by atoms with Crippen LogP contribution in [0.25, 0.3) is 0 Å². The number of anilines is 1. The molecule has 0 saturated heterocycles. The van der Waals surface area contributed by atoms with Gasteiger partial charge in [-0.15, -0.1) is 0 Å². The van der Waals surface area contributed by atoms with Gasteiger partial charge in [-0.2, -0.15) is 0 Å². The SMILES string of the molecule is Cc1cc(C)c(NC(=O)C2CCCCC2)c(C)c1. The van der Waals surface area contributed by atoms with Crippen LogP contribution in [-0.2, 0) is 4.79 Å². The maximum absolute atomic E-state index is 12.2. The van der Waals surface area contributed by atoms with Crippen LogP contribution in [0.3, 0.4) is 0 Å². The Morgan fingerprint density at radius 3 is 2.17 bits per heavy atom. The van der Waals surface area contributed by atoms with Crippen LogP contribution in [0.1, 0.15) is 48.8 Å². The van der Waals surface area contributed by atoms with Crippen molar-refractivity contribution in [1.82, 2.24) is 0 Å². The molecular weight excluding hydrogens is 222 g/mol. The Bertz CT molecular complexity index is 421. The van der Waals surface area contributed by atoms with Crippen LogP contribution in [0, 0.1) is 26.7 Å². The molecule has 0 heterocycles. The molecule has 0 spiro atoms. The topological polar surface area (TPSA) is 29.1 Å². The molecular formula is C16H23NO. The molecule has 1 aromatic carbocycles. The average molecular weight is 245 g/mol. The first-order valence-corrected chi connectivity index (χ1v) is 6.96. The summed E-state index contributed by atoms with van der Waals surface area (Å²) in [4.78, 5) is 12.2. The minimum atomic E-state index is 0.213. The van der Waals surface area contributed by atoms with Crippen LogP contribution < -0.4 is 5.32 Å². The molecule has 0 bridgehead atoms. The number of rotatable bonds is 2. The molecule has 2 nitrogen and oxygen atoms in total. The average Bonchev–Trinajstić information content (AvgIpc) is 2.34. The molecule has 0 atom stereocenters. The second kappa shape index (κ2) is 5.55. The summed E-state index contributed by atoms with van der Waals surface area (Å²) in [7, 11) is 0. The molecule has 0 radical (unpaired) electrons. The lowest BCUT2D eigenvalue weighted by molar-refractivity contribution is -0.120. The molecule has 1 N–H and O–H groups in total. The Labute approximate surface area is 110 Å². The molecule has 2 heteroatoms. The van der Waals surface area contributed by atoms with Gasteiger partial charge in [-0.1, -0.05) is 37.0 Å². The minimum absolute atomic E-state index is 0.213. The highest BCUT2D eigenvalue weighted by Crippen LogP contribution is 2.27. The Kier molecular flexibility index (Phi) is 4.05. The van der Waals surface area contributed by atoms with Gasteiger partial charge in [-0.05, 0) is 44.7 Å². The lowest BCUT2D eigenvalue weighted by Crippen LogP contribution is -2.25. The van der Waals surface area contributed by atoms with Crippen molar-refractivity contribution in [2.45, 2.75) is 52.9 Å². The highest BCUT2D eigenvalue weighted by molar-refractivity contribution is 5.94. The first-order chi connectivity index (χ1) is 8.58. The summed E-state index contributed by atoms with van der Waals surface area (Å²) in [6.07, 6.45) is 5.78. The van der Waals surface area contributed by atoms with Crippen LogP contribution in [0.2, 0.25) is 0 Å². The van der Waals surface area contributed by atoms with Crippen molar-refractivity contribution in [3.05, 3.63) is 28.8 Å². The first-order valence-electron chi connectivity index (χ1n) is 6.96. The van der Waals surface area contributed by atoms with Gasteiger partial charge in [0.1, 0.15) is 0 Å². The highest BCUT2D eigenvalue weighted by Gasteiger charge is 2.21. The van der Waals surface area contributed by atoms with E-state index in [4.69, 9.17) is 0 Å². The monoisotopic (exact) mass is 245 g/mol. The number of amides is 1. The maximum atomic E-state index is 12.2. The van der Waals surface area contributed by atoms with E-state index >= 15 is 0 Å². The van der Waals surface area contributed by atoms with Crippen molar-refractivity contribution in [3.63, 3.8) is 0 Å². The third-order valence-electron chi connectivity index (χ3n) is 3.90. The molecule has 98 valence electrons. The summed E-state index contributed by atoms with van der Waals surface area (Å²) >= 11 is 0. The molecule has 1 aliphatic rings. The van der Waals surface area contributed by atoms with E-state index < -0.39 is 0 Å². The van der Waals surface area contributed by atoms with Gasteiger partial charge in [0, 0.05) is 11.6 Å². The van der Waals surface area contributed by atoms with Gasteiger partial charge in [0.25, 0.3) is 0 Å². The standard InChI is InChI=1S/C16H23NO/c1-11-9-12(2)15(13(3)10-11)17-16(18)14-7-5-4-6-8-14/h9-10,14H,4-8H2,1-3H3,(H,17,18). The zero-order chi connectivity index (χ0) is 13.1. The van der Waals surface area contributed by atoms with Gasteiger partial charge in [0.15, 0.2) is 0 Å². The Hall–Kier alpha value is -1.31. The fourth-order valence-electron chi connectivity index (χ4n) is 2.97. The lowest BCUT2D eigenvalue weighted by Gasteiger charge is -2.22. The Morgan fingerprint density at radius 2 is 1.61 bits per heavy atom. The number of benzene rings is 1. The van der Waals surface area contributed by atoms with Crippen LogP contribution in [0.4, 0.5) is 5.69 Å². The molecule has 0 aliphatic heterocycles. The summed E-state index contributed by atoms with van der Waals surface area (Å²) in [5.41, 5.74) is 4.59. The van der Waals surface area contributed by atoms with Crippen LogP contribution in [-0.4, -0.2) is 5.91 Å². The van der Waals surface area contributed by atoms with Crippen molar-refractivity contribution < 1.29 is 4.79 Å². The van der Waals surface area contributed by atoms with E-state index in [9.17, 15) is 4.79 Å². The van der Waals surface area contributed by atoms with Gasteiger partial charge in [0.05, 0.1) is 0 Å². The van der Waals surface area contributed by atoms with E-state index in [-0.39, 0.29) is 11.8 Å². The first kappa shape index (κ1) is 13.1. The van der Waals surface area contributed by atoms with Gasteiger partial charge in [-0.3, -0.25) is 4.79 Å². The van der Waals surface area contributed by atoms with E-state index in [0.717, 1.165) is 29.7 Å². The highest BCUT2D eigenvalue weighted by atomic mass is 16.1. The molecule has 0 aromatic heterocycles. The Balaban J connectivity index is 2.11. The summed E-state index contributed by atoms with van der Waals surface area (Å²) in [6, 6.07) is 4.26. The number of carbonyl (C=O) groups is 1. The number of aryl methyl sites for hydroxylation is 3. The molecule has 1 amide bonds. The zero-order valence-corrected chi connectivity index (χ0v) is 11.7. The molecule has 1 fully saturated rings. The molecule has 18 heavy (non-hydrogen) atoms. The van der Waals surface area contributed by atoms with Crippen molar-refractivity contribution in [3.8, 4) is 0 Å². The quantitative estimate of drug-likeness (QED) is 0.834. The maximum Gasteiger partial charge on any atom is 0.227 e. The van der Waals surface area contributed by atoms with Crippen molar-refractivity contribution in [1.29, 1.82) is 0 Å². The van der Waals surface area contributed by atoms with Gasteiger partial charge >= 0.3 is 0 Å². The fourth-order valence-corrected chi connectivity index (χ4v) is 2.97. The number of nitrogens with one attached hydrogen (secondary N) is 1. The Morgan fingerprint density at radius 1 is 1.06 bits per heavy atom. The van der Waals surface area contributed by atoms with Crippen LogP contribution in [0.5, 0.6) is 0 Å². The number of hydrogen-bond donors (Lipinski definition) is 1. The minimum Gasteiger partial charge on any atom is -0.325 e. The second-order valence-corrected chi connectivity index (χ2v) is 5.60. The van der Waals surface area contributed by atoms with Gasteiger partial charge in [0.2, 0.25) is 5.91 Å². The third-order valence-corrected chi connectivity index (χ3v) is 3.90. The summed E-state index contributed by atoms with van der Waals surface area (Å²) < 4.78 is 0. The van der Waals surface area contributed by atoms with E-state index in [1.165, 1.54) is 24.8 Å². The summed E-state index contributed by atoms with van der Waals surface area (Å²) in [6.45, 7) is 6.22. The third kappa shape index (κ3) is 2.92.